The van der Waals surface area contributed by atoms with Crippen LogP contribution in [-0.2, 0) is 13.3 Å². The van der Waals surface area contributed by atoms with E-state index in [4.69, 9.17) is 13.3 Å². The Morgan fingerprint density at radius 3 is 1.50 bits per heavy atom. The van der Waals surface area contributed by atoms with Gasteiger partial charge in [-0.1, -0.05) is 34.1 Å². The van der Waals surface area contributed by atoms with Crippen LogP contribution in [0.25, 0.3) is 0 Å². The van der Waals surface area contributed by atoms with Gasteiger partial charge < -0.3 is 13.3 Å². The largest absolute Gasteiger partial charge is 0.652 e. The lowest BCUT2D eigenvalue weighted by atomic mass is 10.1. The first-order chi connectivity index (χ1) is 9.41. The lowest BCUT2D eigenvalue weighted by Crippen LogP contribution is -2.45. The molecule has 0 amide bonds. The molecule has 0 radical (unpaired) electrons. The van der Waals surface area contributed by atoms with Crippen LogP contribution >= 0.6 is 0 Å². The number of hydrogen-bond donors (Lipinski definition) is 0. The fourth-order valence-corrected chi connectivity index (χ4v) is 3.74. The molecule has 0 unspecified atom stereocenters. The highest BCUT2D eigenvalue weighted by atomic mass is 28.4. The highest BCUT2D eigenvalue weighted by Gasteiger charge is 2.42. The molecule has 0 rings (SSSR count). The molecule has 0 atom stereocenters. The Labute approximate surface area is 127 Å². The number of rotatable bonds is 9. The summed E-state index contributed by atoms with van der Waals surface area (Å²) in [5.74, 6) is 0.579. The van der Waals surface area contributed by atoms with Gasteiger partial charge in [0.2, 0.25) is 0 Å². The molecular weight excluding hydrogens is 270 g/mol. The zero-order chi connectivity index (χ0) is 16.0. The predicted octanol–water partition coefficient (Wildman–Crippen LogP) is 4.45. The SMILES string of the molecule is CCC.CCO[Si](N=C(C)CC(C)C)(OCC)OCC. The Bertz CT molecular complexity index is 228. The van der Waals surface area contributed by atoms with Gasteiger partial charge in [-0.25, -0.2) is 0 Å². The van der Waals surface area contributed by atoms with Crippen LogP contribution in [0, 0.1) is 5.92 Å². The Morgan fingerprint density at radius 2 is 1.25 bits per heavy atom. The molecule has 0 aromatic carbocycles. The van der Waals surface area contributed by atoms with Crippen molar-refractivity contribution in [2.75, 3.05) is 19.8 Å². The summed E-state index contributed by atoms with van der Waals surface area (Å²) in [6.45, 7) is 18.1. The van der Waals surface area contributed by atoms with Gasteiger partial charge in [-0.05, 0) is 40.0 Å². The van der Waals surface area contributed by atoms with Crippen LogP contribution in [0.1, 0.15) is 68.2 Å². The number of hydrogen-bond acceptors (Lipinski definition) is 4. The molecule has 0 bridgehead atoms. The molecule has 0 aliphatic carbocycles. The van der Waals surface area contributed by atoms with Gasteiger partial charge in [0.15, 0.2) is 0 Å². The molecule has 0 saturated carbocycles. The molecule has 0 aliphatic rings. The fraction of sp³-hybridized carbons (Fsp3) is 0.933. The van der Waals surface area contributed by atoms with Gasteiger partial charge in [-0.2, -0.15) is 0 Å². The van der Waals surface area contributed by atoms with Gasteiger partial charge >= 0.3 is 8.97 Å². The van der Waals surface area contributed by atoms with Crippen LogP contribution in [-0.4, -0.2) is 34.5 Å². The predicted molar refractivity (Wildman–Crippen MR) is 89.2 cm³/mol. The van der Waals surface area contributed by atoms with Crippen molar-refractivity contribution >= 4 is 14.7 Å². The maximum Gasteiger partial charge on any atom is 0.652 e. The van der Waals surface area contributed by atoms with E-state index in [-0.39, 0.29) is 0 Å². The van der Waals surface area contributed by atoms with E-state index >= 15 is 0 Å². The van der Waals surface area contributed by atoms with Crippen molar-refractivity contribution < 1.29 is 13.3 Å². The zero-order valence-electron chi connectivity index (χ0n) is 14.8. The van der Waals surface area contributed by atoms with E-state index in [9.17, 15) is 0 Å². The van der Waals surface area contributed by atoms with Gasteiger partial charge in [0, 0.05) is 25.5 Å². The molecular formula is C15H35NO3Si. The summed E-state index contributed by atoms with van der Waals surface area (Å²) in [7, 11) is -2.84. The minimum atomic E-state index is -2.84. The maximum absolute atomic E-state index is 5.67. The van der Waals surface area contributed by atoms with Crippen LogP contribution in [0.5, 0.6) is 0 Å². The van der Waals surface area contributed by atoms with E-state index in [1.54, 1.807) is 0 Å². The minimum Gasteiger partial charge on any atom is -0.356 e. The Balaban J connectivity index is 0. The van der Waals surface area contributed by atoms with Gasteiger partial charge in [0.25, 0.3) is 0 Å². The molecule has 0 saturated heterocycles. The third kappa shape index (κ3) is 11.6. The second kappa shape index (κ2) is 13.7. The third-order valence-corrected chi connectivity index (χ3v) is 4.63. The summed E-state index contributed by atoms with van der Waals surface area (Å²) in [4.78, 5) is 0. The highest BCUT2D eigenvalue weighted by Crippen LogP contribution is 2.14. The van der Waals surface area contributed by atoms with E-state index in [0.29, 0.717) is 25.7 Å². The third-order valence-electron chi connectivity index (χ3n) is 2.01. The first-order valence-corrected chi connectivity index (χ1v) is 9.55. The van der Waals surface area contributed by atoms with Crippen molar-refractivity contribution in [2.24, 2.45) is 10.6 Å². The summed E-state index contributed by atoms with van der Waals surface area (Å²) >= 11 is 0. The summed E-state index contributed by atoms with van der Waals surface area (Å²) in [6, 6.07) is 0. The maximum atomic E-state index is 5.67. The molecule has 122 valence electrons. The van der Waals surface area contributed by atoms with Crippen LogP contribution in [0.3, 0.4) is 0 Å². The average Bonchev–Trinajstić information content (AvgIpc) is 2.29. The molecule has 0 N–H and O–H groups in total. The van der Waals surface area contributed by atoms with E-state index in [2.05, 4.69) is 32.4 Å². The average molecular weight is 306 g/mol. The molecule has 0 fully saturated rings. The van der Waals surface area contributed by atoms with Crippen LogP contribution < -0.4 is 0 Å². The van der Waals surface area contributed by atoms with Crippen LogP contribution in [0.15, 0.2) is 4.66 Å². The molecule has 0 aromatic rings. The molecule has 20 heavy (non-hydrogen) atoms. The van der Waals surface area contributed by atoms with Crippen molar-refractivity contribution in [1.29, 1.82) is 0 Å². The summed E-state index contributed by atoms with van der Waals surface area (Å²) in [6.07, 6.45) is 2.20. The normalized spacial score (nSPS) is 12.3. The fourth-order valence-electron chi connectivity index (χ4n) is 1.64. The highest BCUT2D eigenvalue weighted by molar-refractivity contribution is 6.60. The Hall–Kier alpha value is -0.233. The monoisotopic (exact) mass is 305 g/mol. The van der Waals surface area contributed by atoms with Crippen molar-refractivity contribution in [2.45, 2.75) is 68.2 Å². The molecule has 0 aromatic heterocycles. The Morgan fingerprint density at radius 1 is 0.900 bits per heavy atom. The van der Waals surface area contributed by atoms with Gasteiger partial charge in [0.05, 0.1) is 0 Å². The first kappa shape index (κ1) is 22.1. The quantitative estimate of drug-likeness (QED) is 0.466. The first-order valence-electron chi connectivity index (χ1n) is 7.88. The van der Waals surface area contributed by atoms with Crippen molar-refractivity contribution in [3.05, 3.63) is 0 Å². The summed E-state index contributed by atoms with van der Waals surface area (Å²) in [5, 5.41) is 0. The lowest BCUT2D eigenvalue weighted by molar-refractivity contribution is 0.0730. The van der Waals surface area contributed by atoms with E-state index < -0.39 is 8.97 Å². The van der Waals surface area contributed by atoms with E-state index in [0.717, 1.165) is 12.1 Å². The topological polar surface area (TPSA) is 40.0 Å². The molecule has 0 spiro atoms. The van der Waals surface area contributed by atoms with Gasteiger partial charge in [-0.3, -0.25) is 4.66 Å². The summed E-state index contributed by atoms with van der Waals surface area (Å²) in [5.41, 5.74) is 1.04. The molecule has 5 heteroatoms. The number of nitrogens with zero attached hydrogens (tertiary/aromatic N) is 1. The second-order valence-electron chi connectivity index (χ2n) is 4.98. The molecule has 0 aliphatic heterocycles. The smallest absolute Gasteiger partial charge is 0.356 e. The molecule has 4 nitrogen and oxygen atoms in total. The lowest BCUT2D eigenvalue weighted by Gasteiger charge is -2.24. The zero-order valence-corrected chi connectivity index (χ0v) is 15.8. The summed E-state index contributed by atoms with van der Waals surface area (Å²) < 4.78 is 21.6. The van der Waals surface area contributed by atoms with Crippen molar-refractivity contribution in [3.8, 4) is 0 Å². The minimum absolute atomic E-state index is 0.560. The Kier molecular flexibility index (Phi) is 15.1. The van der Waals surface area contributed by atoms with Crippen LogP contribution in [0.4, 0.5) is 0 Å². The van der Waals surface area contributed by atoms with Gasteiger partial charge in [0.1, 0.15) is 0 Å². The van der Waals surface area contributed by atoms with Crippen LogP contribution in [0.2, 0.25) is 0 Å². The molecule has 0 heterocycles. The van der Waals surface area contributed by atoms with Crippen molar-refractivity contribution in [1.82, 2.24) is 0 Å². The van der Waals surface area contributed by atoms with E-state index in [1.165, 1.54) is 6.42 Å². The van der Waals surface area contributed by atoms with Gasteiger partial charge in [-0.15, -0.1) is 0 Å². The standard InChI is InChI=1S/C12H27NO3Si.C3H8/c1-7-14-17(15-8-2,16-9-3)13-12(6)10-11(4)5;1-3-2/h11H,7-10H2,1-6H3;3H2,1-2H3. The van der Waals surface area contributed by atoms with E-state index in [1.807, 2.05) is 27.7 Å². The second-order valence-corrected chi connectivity index (χ2v) is 7.11. The van der Waals surface area contributed by atoms with Crippen molar-refractivity contribution in [3.63, 3.8) is 0 Å².